The molecule has 5 heteroatoms. The highest BCUT2D eigenvalue weighted by Gasteiger charge is 2.33. The van der Waals surface area contributed by atoms with Gasteiger partial charge in [0, 0.05) is 6.04 Å². The third kappa shape index (κ3) is 2.95. The largest absolute Gasteiger partial charge is 0.480 e. The lowest BCUT2D eigenvalue weighted by atomic mass is 10.00. The van der Waals surface area contributed by atoms with Crippen molar-refractivity contribution in [1.82, 2.24) is 5.32 Å². The fraction of sp³-hybridized carbons (Fsp3) is 0.818. The van der Waals surface area contributed by atoms with Gasteiger partial charge in [-0.2, -0.15) is 0 Å². The molecule has 0 aromatic rings. The van der Waals surface area contributed by atoms with Crippen LogP contribution >= 0.6 is 0 Å². The fourth-order valence-electron chi connectivity index (χ4n) is 2.09. The first-order chi connectivity index (χ1) is 7.43. The molecular formula is C11H20N2O3. The number of aliphatic carboxylic acids is 1. The van der Waals surface area contributed by atoms with E-state index < -0.39 is 12.0 Å². The van der Waals surface area contributed by atoms with E-state index >= 15 is 0 Å². The summed E-state index contributed by atoms with van der Waals surface area (Å²) in [4.78, 5) is 22.7. The molecule has 4 N–H and O–H groups in total. The van der Waals surface area contributed by atoms with E-state index in [1.807, 2.05) is 0 Å². The normalized spacial score (nSPS) is 26.8. The van der Waals surface area contributed by atoms with Gasteiger partial charge in [0.05, 0.1) is 5.92 Å². The van der Waals surface area contributed by atoms with Gasteiger partial charge in [-0.3, -0.25) is 4.79 Å². The summed E-state index contributed by atoms with van der Waals surface area (Å²) in [5.74, 6) is -1.55. The van der Waals surface area contributed by atoms with Crippen LogP contribution in [0.4, 0.5) is 0 Å². The molecule has 0 aliphatic heterocycles. The van der Waals surface area contributed by atoms with Crippen LogP contribution in [0.5, 0.6) is 0 Å². The highest BCUT2D eigenvalue weighted by Crippen LogP contribution is 2.24. The van der Waals surface area contributed by atoms with Crippen molar-refractivity contribution < 1.29 is 14.7 Å². The second-order valence-corrected chi connectivity index (χ2v) is 4.77. The van der Waals surface area contributed by atoms with Crippen molar-refractivity contribution in [3.8, 4) is 0 Å². The van der Waals surface area contributed by atoms with Crippen LogP contribution in [0.25, 0.3) is 0 Å². The summed E-state index contributed by atoms with van der Waals surface area (Å²) in [6.07, 6.45) is 2.55. The molecule has 0 spiro atoms. The lowest BCUT2D eigenvalue weighted by molar-refractivity contribution is -0.143. The smallest absolute Gasteiger partial charge is 0.326 e. The molecule has 1 aliphatic rings. The number of hydrogen-bond acceptors (Lipinski definition) is 3. The molecule has 0 radical (unpaired) electrons. The first kappa shape index (κ1) is 13.0. The van der Waals surface area contributed by atoms with E-state index in [1.165, 1.54) is 0 Å². The van der Waals surface area contributed by atoms with Gasteiger partial charge in [-0.15, -0.1) is 0 Å². The van der Waals surface area contributed by atoms with Gasteiger partial charge < -0.3 is 16.2 Å². The second kappa shape index (κ2) is 5.30. The quantitative estimate of drug-likeness (QED) is 0.647. The van der Waals surface area contributed by atoms with Gasteiger partial charge in [0.2, 0.25) is 5.91 Å². The van der Waals surface area contributed by atoms with Crippen LogP contribution in [0.2, 0.25) is 0 Å². The van der Waals surface area contributed by atoms with E-state index in [-0.39, 0.29) is 23.8 Å². The summed E-state index contributed by atoms with van der Waals surface area (Å²) in [5.41, 5.74) is 5.80. The van der Waals surface area contributed by atoms with Gasteiger partial charge in [0.15, 0.2) is 0 Å². The van der Waals surface area contributed by atoms with Crippen molar-refractivity contribution in [3.05, 3.63) is 0 Å². The fourth-order valence-corrected chi connectivity index (χ4v) is 2.09. The van der Waals surface area contributed by atoms with Crippen molar-refractivity contribution in [3.63, 3.8) is 0 Å². The number of carboxylic acid groups (broad SMARTS) is 1. The summed E-state index contributed by atoms with van der Waals surface area (Å²) >= 11 is 0. The Morgan fingerprint density at radius 3 is 2.38 bits per heavy atom. The minimum absolute atomic E-state index is 0.124. The standard InChI is InChI=1S/C11H20N2O3/c1-6(2)9(11(15)16)13-10(14)7-4-3-5-8(7)12/h6-9H,3-5,12H2,1-2H3,(H,13,14)(H,15,16)/t7?,8?,9-/m1/s1. The van der Waals surface area contributed by atoms with E-state index in [9.17, 15) is 9.59 Å². The van der Waals surface area contributed by atoms with Gasteiger partial charge in [-0.25, -0.2) is 4.79 Å². The van der Waals surface area contributed by atoms with Crippen molar-refractivity contribution in [2.45, 2.75) is 45.2 Å². The topological polar surface area (TPSA) is 92.4 Å². The SMILES string of the molecule is CC(C)[C@@H](NC(=O)C1CCCC1N)C(=O)O. The Kier molecular flexibility index (Phi) is 4.29. The van der Waals surface area contributed by atoms with Crippen molar-refractivity contribution in [1.29, 1.82) is 0 Å². The Bertz CT molecular complexity index is 278. The average Bonchev–Trinajstić information content (AvgIpc) is 2.59. The van der Waals surface area contributed by atoms with E-state index in [2.05, 4.69) is 5.32 Å². The maximum Gasteiger partial charge on any atom is 0.326 e. The van der Waals surface area contributed by atoms with Gasteiger partial charge in [0.25, 0.3) is 0 Å². The number of carbonyl (C=O) groups excluding carboxylic acids is 1. The predicted octanol–water partition coefficient (Wildman–Crippen LogP) is 0.339. The molecule has 0 aromatic carbocycles. The highest BCUT2D eigenvalue weighted by atomic mass is 16.4. The van der Waals surface area contributed by atoms with E-state index in [1.54, 1.807) is 13.8 Å². The zero-order valence-corrected chi connectivity index (χ0v) is 9.77. The maximum absolute atomic E-state index is 11.8. The lowest BCUT2D eigenvalue weighted by Crippen LogP contribution is -2.48. The van der Waals surface area contributed by atoms with Crippen molar-refractivity contribution in [2.24, 2.45) is 17.6 Å². The summed E-state index contributed by atoms with van der Waals surface area (Å²) in [6.45, 7) is 3.54. The van der Waals surface area contributed by atoms with Gasteiger partial charge in [-0.05, 0) is 18.8 Å². The van der Waals surface area contributed by atoms with E-state index in [4.69, 9.17) is 10.8 Å². The molecule has 3 atom stereocenters. The van der Waals surface area contributed by atoms with Gasteiger partial charge in [0.1, 0.15) is 6.04 Å². The maximum atomic E-state index is 11.8. The molecule has 1 fully saturated rings. The third-order valence-electron chi connectivity index (χ3n) is 3.14. The van der Waals surface area contributed by atoms with Crippen LogP contribution in [-0.4, -0.2) is 29.1 Å². The number of rotatable bonds is 4. The first-order valence-electron chi connectivity index (χ1n) is 5.72. The van der Waals surface area contributed by atoms with E-state index in [0.29, 0.717) is 0 Å². The monoisotopic (exact) mass is 228 g/mol. The number of amides is 1. The molecule has 2 unspecified atom stereocenters. The number of carbonyl (C=O) groups is 2. The van der Waals surface area contributed by atoms with Crippen LogP contribution < -0.4 is 11.1 Å². The number of nitrogens with two attached hydrogens (primary N) is 1. The molecule has 0 aromatic heterocycles. The van der Waals surface area contributed by atoms with Crippen molar-refractivity contribution >= 4 is 11.9 Å². The second-order valence-electron chi connectivity index (χ2n) is 4.77. The molecule has 16 heavy (non-hydrogen) atoms. The molecule has 0 saturated heterocycles. The molecule has 92 valence electrons. The first-order valence-corrected chi connectivity index (χ1v) is 5.72. The zero-order valence-electron chi connectivity index (χ0n) is 9.77. The molecule has 1 saturated carbocycles. The Hall–Kier alpha value is -1.10. The Balaban J connectivity index is 2.58. The minimum Gasteiger partial charge on any atom is -0.480 e. The third-order valence-corrected chi connectivity index (χ3v) is 3.14. The molecule has 1 amide bonds. The minimum atomic E-state index is -0.991. The Morgan fingerprint density at radius 2 is 2.00 bits per heavy atom. The Labute approximate surface area is 95.4 Å². The molecule has 5 nitrogen and oxygen atoms in total. The number of carboxylic acids is 1. The van der Waals surface area contributed by atoms with Crippen molar-refractivity contribution in [2.75, 3.05) is 0 Å². The van der Waals surface area contributed by atoms with E-state index in [0.717, 1.165) is 19.3 Å². The lowest BCUT2D eigenvalue weighted by Gasteiger charge is -2.21. The summed E-state index contributed by atoms with van der Waals surface area (Å²) < 4.78 is 0. The van der Waals surface area contributed by atoms with Crippen LogP contribution in [0.3, 0.4) is 0 Å². The van der Waals surface area contributed by atoms with Crippen LogP contribution in [0.1, 0.15) is 33.1 Å². The summed E-state index contributed by atoms with van der Waals surface area (Å²) in [7, 11) is 0. The number of nitrogens with one attached hydrogen (secondary N) is 1. The van der Waals surface area contributed by atoms with Crippen LogP contribution in [0, 0.1) is 11.8 Å². The predicted molar refractivity (Wildman–Crippen MR) is 59.7 cm³/mol. The van der Waals surface area contributed by atoms with Crippen LogP contribution in [-0.2, 0) is 9.59 Å². The van der Waals surface area contributed by atoms with Crippen LogP contribution in [0.15, 0.2) is 0 Å². The number of hydrogen-bond donors (Lipinski definition) is 3. The molecule has 1 rings (SSSR count). The summed E-state index contributed by atoms with van der Waals surface area (Å²) in [6, 6.07) is -0.943. The molecular weight excluding hydrogens is 208 g/mol. The summed E-state index contributed by atoms with van der Waals surface area (Å²) in [5, 5.41) is 11.5. The highest BCUT2D eigenvalue weighted by molar-refractivity contribution is 5.85. The molecule has 0 heterocycles. The zero-order chi connectivity index (χ0) is 12.3. The van der Waals surface area contributed by atoms with Gasteiger partial charge >= 0.3 is 5.97 Å². The molecule has 1 aliphatic carbocycles. The average molecular weight is 228 g/mol. The Morgan fingerprint density at radius 1 is 1.38 bits per heavy atom. The molecule has 0 bridgehead atoms. The van der Waals surface area contributed by atoms with Gasteiger partial charge in [-0.1, -0.05) is 20.3 Å².